The summed E-state index contributed by atoms with van der Waals surface area (Å²) in [6.45, 7) is 2.40. The average Bonchev–Trinajstić information content (AvgIpc) is 2.30. The van der Waals surface area contributed by atoms with Gasteiger partial charge in [-0.25, -0.2) is 0 Å². The summed E-state index contributed by atoms with van der Waals surface area (Å²) in [6, 6.07) is 5.83. The normalized spacial score (nSPS) is 12.7. The van der Waals surface area contributed by atoms with Crippen molar-refractivity contribution in [1.82, 2.24) is 0 Å². The molecule has 0 aromatic heterocycles. The van der Waals surface area contributed by atoms with E-state index in [4.69, 9.17) is 26.8 Å². The number of benzene rings is 1. The van der Waals surface area contributed by atoms with Crippen molar-refractivity contribution in [3.63, 3.8) is 0 Å². The molecule has 4 heteroatoms. The quantitative estimate of drug-likeness (QED) is 0.850. The molecule has 0 spiro atoms. The van der Waals surface area contributed by atoms with Gasteiger partial charge in [0, 0.05) is 17.6 Å². The summed E-state index contributed by atoms with van der Waals surface area (Å²) < 4.78 is 10.8. The molecule has 3 nitrogen and oxygen atoms in total. The van der Waals surface area contributed by atoms with Gasteiger partial charge in [0.1, 0.15) is 18.1 Å². The maximum Gasteiger partial charge on any atom is 0.126 e. The fourth-order valence-corrected chi connectivity index (χ4v) is 1.56. The van der Waals surface area contributed by atoms with Gasteiger partial charge in [-0.3, -0.25) is 0 Å². The fraction of sp³-hybridized carbons (Fsp3) is 0.385. The second-order valence-corrected chi connectivity index (χ2v) is 4.08. The lowest BCUT2D eigenvalue weighted by molar-refractivity contribution is 0.352. The van der Waals surface area contributed by atoms with Gasteiger partial charge in [-0.15, -0.1) is 0 Å². The Morgan fingerprint density at radius 3 is 2.82 bits per heavy atom. The third-order valence-corrected chi connectivity index (χ3v) is 2.42. The molecule has 2 N–H and O–H groups in total. The van der Waals surface area contributed by atoms with Crippen molar-refractivity contribution in [3.05, 3.63) is 35.4 Å². The molecule has 0 amide bonds. The van der Waals surface area contributed by atoms with Crippen molar-refractivity contribution in [2.45, 2.75) is 19.4 Å². The second-order valence-electron chi connectivity index (χ2n) is 3.83. The van der Waals surface area contributed by atoms with Crippen molar-refractivity contribution < 1.29 is 9.47 Å². The molecule has 1 aromatic rings. The molecule has 0 radical (unpaired) electrons. The van der Waals surface area contributed by atoms with Crippen LogP contribution in [0.5, 0.6) is 11.5 Å². The lowest BCUT2D eigenvalue weighted by Gasteiger charge is -2.13. The number of nitrogens with two attached hydrogens (primary N) is 1. The third kappa shape index (κ3) is 4.67. The molecule has 0 aliphatic carbocycles. The van der Waals surface area contributed by atoms with Gasteiger partial charge >= 0.3 is 0 Å². The highest BCUT2D eigenvalue weighted by Gasteiger charge is 2.07. The van der Waals surface area contributed by atoms with Gasteiger partial charge in [-0.1, -0.05) is 17.7 Å². The molecular weight excluding hydrogens is 238 g/mol. The minimum absolute atomic E-state index is 0.0920. The molecule has 1 aromatic carbocycles. The Morgan fingerprint density at radius 1 is 1.47 bits per heavy atom. The number of hydrogen-bond acceptors (Lipinski definition) is 3. The zero-order valence-electron chi connectivity index (χ0n) is 10.2. The molecular formula is C13H18ClNO2. The summed E-state index contributed by atoms with van der Waals surface area (Å²) in [5, 5.41) is 0. The van der Waals surface area contributed by atoms with Crippen molar-refractivity contribution >= 4 is 11.6 Å². The fourth-order valence-electron chi connectivity index (χ4n) is 1.49. The highest BCUT2D eigenvalue weighted by Crippen LogP contribution is 2.25. The Labute approximate surface area is 107 Å². The minimum atomic E-state index is 0.0920. The first kappa shape index (κ1) is 13.9. The Kier molecular flexibility index (Phi) is 5.87. The van der Waals surface area contributed by atoms with Crippen LogP contribution in [0.3, 0.4) is 0 Å². The molecule has 0 aliphatic heterocycles. The second kappa shape index (κ2) is 7.20. The summed E-state index contributed by atoms with van der Waals surface area (Å²) in [7, 11) is 1.63. The standard InChI is InChI=1S/C13H18ClNO2/c1-10(15)8-11-4-5-12(16-2)9-13(11)17-7-3-6-14/h3-6,9-10H,7-8,15H2,1-2H3/b6-3+. The van der Waals surface area contributed by atoms with Crippen molar-refractivity contribution in [2.75, 3.05) is 13.7 Å². The zero-order chi connectivity index (χ0) is 12.7. The van der Waals surface area contributed by atoms with Gasteiger partial charge < -0.3 is 15.2 Å². The van der Waals surface area contributed by atoms with Crippen LogP contribution in [0.4, 0.5) is 0 Å². The predicted molar refractivity (Wildman–Crippen MR) is 70.8 cm³/mol. The monoisotopic (exact) mass is 255 g/mol. The van der Waals surface area contributed by atoms with Gasteiger partial charge in [0.2, 0.25) is 0 Å². The Hall–Kier alpha value is -1.19. The van der Waals surface area contributed by atoms with E-state index in [2.05, 4.69) is 0 Å². The molecule has 17 heavy (non-hydrogen) atoms. The SMILES string of the molecule is COc1ccc(CC(C)N)c(OC/C=C/Cl)c1. The van der Waals surface area contributed by atoms with Gasteiger partial charge in [-0.2, -0.15) is 0 Å². The van der Waals surface area contributed by atoms with Gasteiger partial charge in [0.05, 0.1) is 7.11 Å². The van der Waals surface area contributed by atoms with E-state index in [-0.39, 0.29) is 6.04 Å². The number of rotatable bonds is 6. The van der Waals surface area contributed by atoms with E-state index >= 15 is 0 Å². The smallest absolute Gasteiger partial charge is 0.126 e. The van der Waals surface area contributed by atoms with Crippen LogP contribution in [-0.4, -0.2) is 19.8 Å². The number of methoxy groups -OCH3 is 1. The molecule has 0 saturated heterocycles. The van der Waals surface area contributed by atoms with E-state index in [0.717, 1.165) is 23.5 Å². The first-order valence-electron chi connectivity index (χ1n) is 5.48. The van der Waals surface area contributed by atoms with Crippen LogP contribution in [0, 0.1) is 0 Å². The summed E-state index contributed by atoms with van der Waals surface area (Å²) in [5.74, 6) is 1.56. The average molecular weight is 256 g/mol. The summed E-state index contributed by atoms with van der Waals surface area (Å²) >= 11 is 5.45. The molecule has 1 rings (SSSR count). The van der Waals surface area contributed by atoms with Crippen LogP contribution < -0.4 is 15.2 Å². The maximum atomic E-state index is 5.80. The van der Waals surface area contributed by atoms with Crippen molar-refractivity contribution in [3.8, 4) is 11.5 Å². The first-order chi connectivity index (χ1) is 8.17. The van der Waals surface area contributed by atoms with Gasteiger partial charge in [-0.05, 0) is 31.1 Å². The third-order valence-electron chi connectivity index (χ3n) is 2.24. The lowest BCUT2D eigenvalue weighted by atomic mass is 10.1. The van der Waals surface area contributed by atoms with Crippen LogP contribution >= 0.6 is 11.6 Å². The van der Waals surface area contributed by atoms with Crippen LogP contribution in [0.1, 0.15) is 12.5 Å². The Bertz CT molecular complexity index is 378. The lowest BCUT2D eigenvalue weighted by Crippen LogP contribution is -2.18. The minimum Gasteiger partial charge on any atom is -0.497 e. The molecule has 0 heterocycles. The van der Waals surface area contributed by atoms with E-state index in [1.54, 1.807) is 13.2 Å². The van der Waals surface area contributed by atoms with E-state index in [0.29, 0.717) is 6.61 Å². The largest absolute Gasteiger partial charge is 0.497 e. The zero-order valence-corrected chi connectivity index (χ0v) is 10.9. The van der Waals surface area contributed by atoms with E-state index in [9.17, 15) is 0 Å². The molecule has 0 saturated carbocycles. The van der Waals surface area contributed by atoms with E-state index in [1.165, 1.54) is 5.54 Å². The van der Waals surface area contributed by atoms with Gasteiger partial charge in [0.15, 0.2) is 0 Å². The van der Waals surface area contributed by atoms with Crippen molar-refractivity contribution in [1.29, 1.82) is 0 Å². The Morgan fingerprint density at radius 2 is 2.24 bits per heavy atom. The molecule has 1 atom stereocenters. The molecule has 94 valence electrons. The van der Waals surface area contributed by atoms with Crippen LogP contribution in [0.15, 0.2) is 29.8 Å². The van der Waals surface area contributed by atoms with Crippen LogP contribution in [-0.2, 0) is 6.42 Å². The molecule has 0 aliphatic rings. The predicted octanol–water partition coefficient (Wildman–Crippen LogP) is 2.72. The van der Waals surface area contributed by atoms with Gasteiger partial charge in [0.25, 0.3) is 0 Å². The highest BCUT2D eigenvalue weighted by molar-refractivity contribution is 6.25. The number of halogens is 1. The number of ether oxygens (including phenoxy) is 2. The van der Waals surface area contributed by atoms with E-state index in [1.807, 2.05) is 25.1 Å². The van der Waals surface area contributed by atoms with Crippen molar-refractivity contribution in [2.24, 2.45) is 5.73 Å². The highest BCUT2D eigenvalue weighted by atomic mass is 35.5. The number of hydrogen-bond donors (Lipinski definition) is 1. The molecule has 0 bridgehead atoms. The van der Waals surface area contributed by atoms with E-state index < -0.39 is 0 Å². The molecule has 1 unspecified atom stereocenters. The summed E-state index contributed by atoms with van der Waals surface area (Å²) in [6.07, 6.45) is 2.50. The summed E-state index contributed by atoms with van der Waals surface area (Å²) in [5.41, 5.74) is 8.31. The maximum absolute atomic E-state index is 5.80. The topological polar surface area (TPSA) is 44.5 Å². The molecule has 0 fully saturated rings. The van der Waals surface area contributed by atoms with Crippen LogP contribution in [0.25, 0.3) is 0 Å². The van der Waals surface area contributed by atoms with Crippen LogP contribution in [0.2, 0.25) is 0 Å². The first-order valence-corrected chi connectivity index (χ1v) is 5.91. The summed E-state index contributed by atoms with van der Waals surface area (Å²) in [4.78, 5) is 0. The Balaban J connectivity index is 2.86.